The fourth-order valence-corrected chi connectivity index (χ4v) is 3.86. The number of ether oxygens (including phenoxy) is 3. The van der Waals surface area contributed by atoms with Crippen molar-refractivity contribution in [1.29, 1.82) is 0 Å². The number of carbonyl (C=O) groups is 2. The van der Waals surface area contributed by atoms with Crippen molar-refractivity contribution in [3.8, 4) is 17.2 Å². The van der Waals surface area contributed by atoms with Crippen LogP contribution in [0, 0.1) is 0 Å². The molecule has 1 fully saturated rings. The summed E-state index contributed by atoms with van der Waals surface area (Å²) in [4.78, 5) is 25.6. The molecular formula is C24H26N2O5. The number of carbonyl (C=O) groups excluding carboxylic acids is 2. The van der Waals surface area contributed by atoms with E-state index in [2.05, 4.69) is 0 Å². The first-order chi connectivity index (χ1) is 15.1. The highest BCUT2D eigenvalue weighted by Crippen LogP contribution is 2.38. The SMILES string of the molecule is NC(=O)COc1ccc(/C=C/C(=O)N2CCC[C@@H]2c2ccc3c(c2)OCCCO3)cc1. The minimum Gasteiger partial charge on any atom is -0.490 e. The number of hydrogen-bond acceptors (Lipinski definition) is 5. The molecule has 2 amide bonds. The van der Waals surface area contributed by atoms with Gasteiger partial charge in [0.15, 0.2) is 18.1 Å². The fourth-order valence-electron chi connectivity index (χ4n) is 3.86. The Hall–Kier alpha value is -3.48. The number of hydrogen-bond donors (Lipinski definition) is 1. The zero-order chi connectivity index (χ0) is 21.6. The van der Waals surface area contributed by atoms with Crippen molar-refractivity contribution in [2.24, 2.45) is 5.73 Å². The number of nitrogens with zero attached hydrogens (tertiary/aromatic N) is 1. The first-order valence-corrected chi connectivity index (χ1v) is 10.5. The van der Waals surface area contributed by atoms with Crippen LogP contribution in [0.1, 0.15) is 36.4 Å². The predicted molar refractivity (Wildman–Crippen MR) is 116 cm³/mol. The van der Waals surface area contributed by atoms with E-state index in [0.29, 0.717) is 19.0 Å². The number of fused-ring (bicyclic) bond motifs is 1. The molecule has 0 unspecified atom stereocenters. The summed E-state index contributed by atoms with van der Waals surface area (Å²) in [5, 5.41) is 0. The number of rotatable bonds is 6. The van der Waals surface area contributed by atoms with E-state index in [-0.39, 0.29) is 18.6 Å². The maximum atomic E-state index is 12.9. The Morgan fingerprint density at radius 1 is 1.06 bits per heavy atom. The zero-order valence-corrected chi connectivity index (χ0v) is 17.3. The van der Waals surface area contributed by atoms with Crippen LogP contribution in [0.15, 0.2) is 48.5 Å². The molecule has 2 aliphatic rings. The second-order valence-electron chi connectivity index (χ2n) is 7.60. The molecule has 0 aromatic heterocycles. The Labute approximate surface area is 181 Å². The van der Waals surface area contributed by atoms with Crippen molar-refractivity contribution in [3.63, 3.8) is 0 Å². The summed E-state index contributed by atoms with van der Waals surface area (Å²) in [5.74, 6) is 1.52. The molecule has 1 saturated heterocycles. The van der Waals surface area contributed by atoms with Crippen molar-refractivity contribution >= 4 is 17.9 Å². The average molecular weight is 422 g/mol. The summed E-state index contributed by atoms with van der Waals surface area (Å²) in [7, 11) is 0. The molecule has 2 aliphatic heterocycles. The number of amides is 2. The van der Waals surface area contributed by atoms with Crippen LogP contribution in [0.3, 0.4) is 0 Å². The molecule has 0 aliphatic carbocycles. The maximum absolute atomic E-state index is 12.9. The van der Waals surface area contributed by atoms with E-state index in [4.69, 9.17) is 19.9 Å². The molecule has 2 aromatic rings. The lowest BCUT2D eigenvalue weighted by molar-refractivity contribution is -0.126. The molecule has 0 radical (unpaired) electrons. The lowest BCUT2D eigenvalue weighted by Crippen LogP contribution is -2.28. The molecule has 7 nitrogen and oxygen atoms in total. The Bertz CT molecular complexity index is 970. The van der Waals surface area contributed by atoms with Crippen LogP contribution in [-0.4, -0.2) is 43.1 Å². The highest BCUT2D eigenvalue weighted by atomic mass is 16.5. The van der Waals surface area contributed by atoms with Crippen molar-refractivity contribution < 1.29 is 23.8 Å². The van der Waals surface area contributed by atoms with Gasteiger partial charge in [-0.25, -0.2) is 0 Å². The molecule has 2 N–H and O–H groups in total. The van der Waals surface area contributed by atoms with E-state index in [1.165, 1.54) is 0 Å². The van der Waals surface area contributed by atoms with E-state index in [1.54, 1.807) is 24.3 Å². The molecule has 0 saturated carbocycles. The second-order valence-corrected chi connectivity index (χ2v) is 7.60. The normalized spacial score (nSPS) is 18.1. The number of primary amides is 1. The molecule has 2 heterocycles. The van der Waals surface area contributed by atoms with Crippen LogP contribution in [-0.2, 0) is 9.59 Å². The Kier molecular flexibility index (Phi) is 6.40. The van der Waals surface area contributed by atoms with Gasteiger partial charge in [0, 0.05) is 19.0 Å². The molecule has 1 atom stereocenters. The molecule has 2 aromatic carbocycles. The highest BCUT2D eigenvalue weighted by Gasteiger charge is 2.29. The zero-order valence-electron chi connectivity index (χ0n) is 17.3. The maximum Gasteiger partial charge on any atom is 0.255 e. The van der Waals surface area contributed by atoms with Crippen LogP contribution >= 0.6 is 0 Å². The standard InChI is InChI=1S/C24H26N2O5/c25-23(27)16-31-19-8-4-17(5-9-19)6-11-24(28)26-12-1-3-20(26)18-7-10-21-22(15-18)30-14-2-13-29-21/h4-11,15,20H,1-3,12-14,16H2,(H2,25,27)/b11-6+/t20-/m1/s1. The van der Waals surface area contributed by atoms with Crippen LogP contribution in [0.25, 0.3) is 6.08 Å². The van der Waals surface area contributed by atoms with Crippen molar-refractivity contribution in [1.82, 2.24) is 4.90 Å². The van der Waals surface area contributed by atoms with Gasteiger partial charge in [0.05, 0.1) is 19.3 Å². The van der Waals surface area contributed by atoms with E-state index >= 15 is 0 Å². The fraction of sp³-hybridized carbons (Fsp3) is 0.333. The summed E-state index contributed by atoms with van der Waals surface area (Å²) in [6.07, 6.45) is 6.13. The van der Waals surface area contributed by atoms with E-state index in [1.807, 2.05) is 35.2 Å². The molecule has 4 rings (SSSR count). The minimum absolute atomic E-state index is 0.0244. The highest BCUT2D eigenvalue weighted by molar-refractivity contribution is 5.92. The van der Waals surface area contributed by atoms with Crippen molar-refractivity contribution in [2.45, 2.75) is 25.3 Å². The summed E-state index contributed by atoms with van der Waals surface area (Å²) in [6, 6.07) is 13.1. The average Bonchev–Trinajstić information content (AvgIpc) is 3.15. The van der Waals surface area contributed by atoms with E-state index in [0.717, 1.165) is 48.4 Å². The number of benzene rings is 2. The summed E-state index contributed by atoms with van der Waals surface area (Å²) < 4.78 is 16.8. The summed E-state index contributed by atoms with van der Waals surface area (Å²) in [6.45, 7) is 1.86. The molecule has 0 spiro atoms. The molecule has 162 valence electrons. The number of likely N-dealkylation sites (tertiary alicyclic amines) is 1. The second kappa shape index (κ2) is 9.55. The van der Waals surface area contributed by atoms with Crippen LogP contribution in [0.5, 0.6) is 17.2 Å². The van der Waals surface area contributed by atoms with Gasteiger partial charge in [0.25, 0.3) is 5.91 Å². The van der Waals surface area contributed by atoms with Gasteiger partial charge in [0.1, 0.15) is 5.75 Å². The quantitative estimate of drug-likeness (QED) is 0.723. The van der Waals surface area contributed by atoms with Crippen molar-refractivity contribution in [3.05, 3.63) is 59.7 Å². The molecule has 7 heteroatoms. The number of nitrogens with two attached hydrogens (primary N) is 1. The third-order valence-corrected chi connectivity index (χ3v) is 5.37. The smallest absolute Gasteiger partial charge is 0.255 e. The van der Waals surface area contributed by atoms with Gasteiger partial charge in [-0.05, 0) is 54.3 Å². The van der Waals surface area contributed by atoms with Gasteiger partial charge in [-0.3, -0.25) is 9.59 Å². The third kappa shape index (κ3) is 5.17. The van der Waals surface area contributed by atoms with E-state index in [9.17, 15) is 9.59 Å². The lowest BCUT2D eigenvalue weighted by Gasteiger charge is -2.24. The molecular weight excluding hydrogens is 396 g/mol. The molecule has 31 heavy (non-hydrogen) atoms. The summed E-state index contributed by atoms with van der Waals surface area (Å²) >= 11 is 0. The van der Waals surface area contributed by atoms with Gasteiger partial charge in [-0.15, -0.1) is 0 Å². The molecule has 0 bridgehead atoms. The Morgan fingerprint density at radius 3 is 2.61 bits per heavy atom. The van der Waals surface area contributed by atoms with Gasteiger partial charge >= 0.3 is 0 Å². The van der Waals surface area contributed by atoms with Crippen LogP contribution in [0.2, 0.25) is 0 Å². The topological polar surface area (TPSA) is 91.1 Å². The minimum atomic E-state index is -0.525. The first kappa shape index (κ1) is 20.8. The first-order valence-electron chi connectivity index (χ1n) is 10.5. The van der Waals surface area contributed by atoms with Gasteiger partial charge in [-0.2, -0.15) is 0 Å². The largest absolute Gasteiger partial charge is 0.490 e. The van der Waals surface area contributed by atoms with E-state index < -0.39 is 5.91 Å². The van der Waals surface area contributed by atoms with Crippen LogP contribution in [0.4, 0.5) is 0 Å². The van der Waals surface area contributed by atoms with Gasteiger partial charge in [0.2, 0.25) is 5.91 Å². The Morgan fingerprint density at radius 2 is 1.84 bits per heavy atom. The van der Waals surface area contributed by atoms with Crippen molar-refractivity contribution in [2.75, 3.05) is 26.4 Å². The third-order valence-electron chi connectivity index (χ3n) is 5.37. The Balaban J connectivity index is 1.42. The van der Waals surface area contributed by atoms with Crippen LogP contribution < -0.4 is 19.9 Å². The summed E-state index contributed by atoms with van der Waals surface area (Å²) in [5.41, 5.74) is 7.01. The lowest BCUT2D eigenvalue weighted by atomic mass is 10.0. The predicted octanol–water partition coefficient (Wildman–Crippen LogP) is 3.09. The van der Waals surface area contributed by atoms with Gasteiger partial charge < -0.3 is 24.8 Å². The monoisotopic (exact) mass is 422 g/mol. The van der Waals surface area contributed by atoms with Gasteiger partial charge in [-0.1, -0.05) is 18.2 Å².